The minimum atomic E-state index is 0.272. The molecule has 0 fully saturated rings. The van der Waals surface area contributed by atoms with Crippen LogP contribution in [0.3, 0.4) is 0 Å². The number of hydrogen-bond donors (Lipinski definition) is 1. The Bertz CT molecular complexity index is 600. The van der Waals surface area contributed by atoms with Crippen molar-refractivity contribution in [3.63, 3.8) is 0 Å². The largest absolute Gasteiger partial charge is 0.340 e. The highest BCUT2D eigenvalue weighted by atomic mass is 35.5. The Labute approximate surface area is 123 Å². The molecule has 0 aliphatic carbocycles. The van der Waals surface area contributed by atoms with Gasteiger partial charge in [0.05, 0.1) is 0 Å². The summed E-state index contributed by atoms with van der Waals surface area (Å²) in [5.74, 6) is 0.843. The molecule has 102 valence electrons. The van der Waals surface area contributed by atoms with Crippen molar-refractivity contribution >= 4 is 29.8 Å². The Morgan fingerprint density at radius 2 is 2.00 bits per heavy atom. The molecule has 0 spiro atoms. The molecule has 0 aliphatic heterocycles. The minimum absolute atomic E-state index is 0.272. The maximum Gasteiger partial charge on any atom is 0.226 e. The molecule has 4 nitrogen and oxygen atoms in total. The molecule has 0 saturated carbocycles. The van der Waals surface area contributed by atoms with Gasteiger partial charge < -0.3 is 4.90 Å². The summed E-state index contributed by atoms with van der Waals surface area (Å²) < 4.78 is 2.65. The van der Waals surface area contributed by atoms with E-state index in [9.17, 15) is 0 Å². The second-order valence-electron chi connectivity index (χ2n) is 4.78. The molecular weight excluding hydrogens is 280 g/mol. The van der Waals surface area contributed by atoms with Crippen molar-refractivity contribution in [1.29, 1.82) is 0 Å². The van der Waals surface area contributed by atoms with Crippen LogP contribution >= 0.6 is 23.8 Å². The summed E-state index contributed by atoms with van der Waals surface area (Å²) in [6.07, 6.45) is 0. The predicted molar refractivity (Wildman–Crippen MR) is 81.4 cm³/mol. The summed E-state index contributed by atoms with van der Waals surface area (Å²) in [6.45, 7) is 4.93. The molecule has 19 heavy (non-hydrogen) atoms. The lowest BCUT2D eigenvalue weighted by atomic mass is 10.2. The number of H-pyrrole nitrogens is 1. The van der Waals surface area contributed by atoms with E-state index in [0.717, 1.165) is 17.5 Å². The second kappa shape index (κ2) is 5.75. The lowest BCUT2D eigenvalue weighted by Gasteiger charge is -2.20. The van der Waals surface area contributed by atoms with Crippen LogP contribution in [0.2, 0.25) is 5.02 Å². The van der Waals surface area contributed by atoms with Crippen LogP contribution in [-0.4, -0.2) is 21.8 Å². The number of rotatable bonds is 4. The van der Waals surface area contributed by atoms with Gasteiger partial charge in [0, 0.05) is 24.7 Å². The molecular formula is C13H17ClN4S. The Balaban J connectivity index is 2.23. The average Bonchev–Trinajstić information content (AvgIpc) is 2.74. The van der Waals surface area contributed by atoms with Gasteiger partial charge in [-0.3, -0.25) is 4.57 Å². The molecule has 0 radical (unpaired) electrons. The average molecular weight is 297 g/mol. The summed E-state index contributed by atoms with van der Waals surface area (Å²) in [5, 5.41) is 7.89. The molecule has 1 heterocycles. The monoisotopic (exact) mass is 296 g/mol. The van der Waals surface area contributed by atoms with Crippen LogP contribution in [0.5, 0.6) is 0 Å². The maximum absolute atomic E-state index is 5.89. The third-order valence-corrected chi connectivity index (χ3v) is 3.42. The molecule has 0 unspecified atom stereocenters. The predicted octanol–water partition coefficient (Wildman–Crippen LogP) is 3.81. The van der Waals surface area contributed by atoms with Gasteiger partial charge >= 0.3 is 0 Å². The van der Waals surface area contributed by atoms with Crippen LogP contribution in [0.15, 0.2) is 24.3 Å². The van der Waals surface area contributed by atoms with E-state index in [2.05, 4.69) is 28.9 Å². The third kappa shape index (κ3) is 3.16. The Morgan fingerprint density at radius 1 is 1.37 bits per heavy atom. The highest BCUT2D eigenvalue weighted by Crippen LogP contribution is 2.19. The van der Waals surface area contributed by atoms with E-state index < -0.39 is 0 Å². The van der Waals surface area contributed by atoms with Gasteiger partial charge in [-0.1, -0.05) is 23.7 Å². The number of hydrogen-bond acceptors (Lipinski definition) is 3. The van der Waals surface area contributed by atoms with Gasteiger partial charge in [0.2, 0.25) is 5.95 Å². The van der Waals surface area contributed by atoms with E-state index >= 15 is 0 Å². The molecule has 0 amide bonds. The minimum Gasteiger partial charge on any atom is -0.340 e. The molecule has 0 bridgehead atoms. The van der Waals surface area contributed by atoms with Crippen molar-refractivity contribution in [1.82, 2.24) is 14.8 Å². The van der Waals surface area contributed by atoms with Crippen LogP contribution in [0.1, 0.15) is 25.5 Å². The highest BCUT2D eigenvalue weighted by molar-refractivity contribution is 7.71. The molecule has 1 aromatic carbocycles. The fourth-order valence-electron chi connectivity index (χ4n) is 1.97. The van der Waals surface area contributed by atoms with Crippen molar-refractivity contribution in [3.8, 4) is 0 Å². The lowest BCUT2D eigenvalue weighted by molar-refractivity contribution is 0.583. The zero-order valence-corrected chi connectivity index (χ0v) is 12.8. The van der Waals surface area contributed by atoms with Crippen molar-refractivity contribution in [3.05, 3.63) is 39.6 Å². The Hall–Kier alpha value is -1.33. The first-order valence-electron chi connectivity index (χ1n) is 6.11. The Morgan fingerprint density at radius 3 is 2.58 bits per heavy atom. The number of anilines is 1. The number of aromatic nitrogens is 3. The van der Waals surface area contributed by atoms with Gasteiger partial charge in [-0.15, -0.1) is 5.10 Å². The molecule has 1 N–H and O–H groups in total. The summed E-state index contributed by atoms with van der Waals surface area (Å²) in [7, 11) is 2.00. The topological polar surface area (TPSA) is 36.9 Å². The molecule has 0 aliphatic rings. The summed E-state index contributed by atoms with van der Waals surface area (Å²) in [4.78, 5) is 2.07. The van der Waals surface area contributed by atoms with E-state index in [0.29, 0.717) is 4.77 Å². The smallest absolute Gasteiger partial charge is 0.226 e. The van der Waals surface area contributed by atoms with Crippen molar-refractivity contribution in [2.45, 2.75) is 26.4 Å². The van der Waals surface area contributed by atoms with Gasteiger partial charge in [-0.05, 0) is 43.8 Å². The normalized spacial score (nSPS) is 11.0. The fraction of sp³-hybridized carbons (Fsp3) is 0.385. The molecule has 2 rings (SSSR count). The van der Waals surface area contributed by atoms with E-state index in [1.165, 1.54) is 5.56 Å². The van der Waals surface area contributed by atoms with Crippen LogP contribution in [0, 0.1) is 4.77 Å². The number of nitrogens with zero attached hydrogens (tertiary/aromatic N) is 3. The van der Waals surface area contributed by atoms with E-state index in [1.807, 2.05) is 35.9 Å². The Kier molecular flexibility index (Phi) is 4.27. The first kappa shape index (κ1) is 14.1. The molecule has 2 aromatic rings. The maximum atomic E-state index is 5.89. The SMILES string of the molecule is CC(C)n1c(N(C)Cc2ccc(Cl)cc2)n[nH]c1=S. The van der Waals surface area contributed by atoms with Crippen LogP contribution in [0.4, 0.5) is 5.95 Å². The van der Waals surface area contributed by atoms with Crippen LogP contribution < -0.4 is 4.90 Å². The first-order chi connectivity index (χ1) is 8.99. The van der Waals surface area contributed by atoms with Crippen LogP contribution in [-0.2, 0) is 6.54 Å². The fourth-order valence-corrected chi connectivity index (χ4v) is 2.43. The van der Waals surface area contributed by atoms with Crippen molar-refractivity contribution < 1.29 is 0 Å². The van der Waals surface area contributed by atoms with Gasteiger partial charge in [-0.25, -0.2) is 5.10 Å². The third-order valence-electron chi connectivity index (χ3n) is 2.88. The number of halogens is 1. The first-order valence-corrected chi connectivity index (χ1v) is 6.90. The van der Waals surface area contributed by atoms with Gasteiger partial charge in [0.15, 0.2) is 4.77 Å². The van der Waals surface area contributed by atoms with E-state index in [4.69, 9.17) is 23.8 Å². The molecule has 6 heteroatoms. The van der Waals surface area contributed by atoms with Crippen molar-refractivity contribution in [2.75, 3.05) is 11.9 Å². The summed E-state index contributed by atoms with van der Waals surface area (Å²) in [6, 6.07) is 8.09. The summed E-state index contributed by atoms with van der Waals surface area (Å²) in [5.41, 5.74) is 1.18. The van der Waals surface area contributed by atoms with E-state index in [-0.39, 0.29) is 6.04 Å². The van der Waals surface area contributed by atoms with E-state index in [1.54, 1.807) is 0 Å². The van der Waals surface area contributed by atoms with Gasteiger partial charge in [0.1, 0.15) is 0 Å². The molecule has 1 aromatic heterocycles. The highest BCUT2D eigenvalue weighted by Gasteiger charge is 2.13. The van der Waals surface area contributed by atoms with Crippen LogP contribution in [0.25, 0.3) is 0 Å². The summed E-state index contributed by atoms with van der Waals surface area (Å²) >= 11 is 11.1. The second-order valence-corrected chi connectivity index (χ2v) is 5.60. The zero-order chi connectivity index (χ0) is 14.0. The van der Waals surface area contributed by atoms with Gasteiger partial charge in [0.25, 0.3) is 0 Å². The zero-order valence-electron chi connectivity index (χ0n) is 11.2. The van der Waals surface area contributed by atoms with Gasteiger partial charge in [-0.2, -0.15) is 0 Å². The standard InChI is InChI=1S/C13H17ClN4S/c1-9(2)18-12(15-16-13(18)19)17(3)8-10-4-6-11(14)7-5-10/h4-7,9H,8H2,1-3H3,(H,16,19). The number of benzene rings is 1. The molecule has 0 atom stereocenters. The van der Waals surface area contributed by atoms with Crippen molar-refractivity contribution in [2.24, 2.45) is 0 Å². The quantitative estimate of drug-likeness (QED) is 0.872. The number of nitrogens with one attached hydrogen (secondary N) is 1. The molecule has 0 saturated heterocycles. The number of aromatic amines is 1. The lowest BCUT2D eigenvalue weighted by Crippen LogP contribution is -2.21.